The monoisotopic (exact) mass is 214 g/mol. The maximum absolute atomic E-state index is 11.2. The van der Waals surface area contributed by atoms with E-state index in [1.807, 2.05) is 13.8 Å². The third kappa shape index (κ3) is 4.18. The lowest BCUT2D eigenvalue weighted by Gasteiger charge is -2.38. The standard InChI is InChI=1S/C11H22N2O2/c1-9(2)10(14)13-5-4-12-6-11(3)7-15-8-11/h9,12H,4-8H2,1-3H3,(H,13,14). The number of carbonyl (C=O) groups is 1. The minimum Gasteiger partial charge on any atom is -0.380 e. The summed E-state index contributed by atoms with van der Waals surface area (Å²) in [4.78, 5) is 11.2. The number of rotatable bonds is 6. The molecule has 0 atom stereocenters. The topological polar surface area (TPSA) is 50.4 Å². The molecule has 0 saturated carbocycles. The number of hydrogen-bond donors (Lipinski definition) is 2. The number of carbonyl (C=O) groups excluding carboxylic acids is 1. The smallest absolute Gasteiger partial charge is 0.222 e. The van der Waals surface area contributed by atoms with E-state index < -0.39 is 0 Å². The molecule has 15 heavy (non-hydrogen) atoms. The van der Waals surface area contributed by atoms with E-state index in [-0.39, 0.29) is 11.8 Å². The Bertz CT molecular complexity index is 213. The molecule has 0 bridgehead atoms. The lowest BCUT2D eigenvalue weighted by molar-refractivity contribution is -0.123. The molecule has 0 aromatic heterocycles. The van der Waals surface area contributed by atoms with Crippen LogP contribution in [0.15, 0.2) is 0 Å². The van der Waals surface area contributed by atoms with Gasteiger partial charge >= 0.3 is 0 Å². The molecule has 2 N–H and O–H groups in total. The van der Waals surface area contributed by atoms with Crippen LogP contribution in [0.5, 0.6) is 0 Å². The van der Waals surface area contributed by atoms with E-state index in [9.17, 15) is 4.79 Å². The van der Waals surface area contributed by atoms with Crippen molar-refractivity contribution in [1.29, 1.82) is 0 Å². The maximum Gasteiger partial charge on any atom is 0.222 e. The van der Waals surface area contributed by atoms with E-state index in [4.69, 9.17) is 4.74 Å². The van der Waals surface area contributed by atoms with Crippen molar-refractivity contribution in [2.75, 3.05) is 32.8 Å². The van der Waals surface area contributed by atoms with Gasteiger partial charge in [-0.1, -0.05) is 20.8 Å². The van der Waals surface area contributed by atoms with Crippen molar-refractivity contribution in [1.82, 2.24) is 10.6 Å². The fourth-order valence-corrected chi connectivity index (χ4v) is 1.42. The predicted octanol–water partition coefficient (Wildman–Crippen LogP) is 0.385. The van der Waals surface area contributed by atoms with E-state index in [1.165, 1.54) is 0 Å². The molecular formula is C11H22N2O2. The first-order valence-electron chi connectivity index (χ1n) is 5.60. The number of hydrogen-bond acceptors (Lipinski definition) is 3. The Morgan fingerprint density at radius 1 is 1.40 bits per heavy atom. The summed E-state index contributed by atoms with van der Waals surface area (Å²) in [7, 11) is 0. The zero-order valence-corrected chi connectivity index (χ0v) is 9.93. The molecule has 1 saturated heterocycles. The molecule has 0 aliphatic carbocycles. The third-order valence-electron chi connectivity index (χ3n) is 2.58. The van der Waals surface area contributed by atoms with Gasteiger partial charge in [-0.3, -0.25) is 4.79 Å². The first kappa shape index (κ1) is 12.5. The zero-order chi connectivity index (χ0) is 11.3. The second kappa shape index (κ2) is 5.47. The van der Waals surface area contributed by atoms with Crippen molar-refractivity contribution in [3.63, 3.8) is 0 Å². The van der Waals surface area contributed by atoms with Gasteiger partial charge in [0.25, 0.3) is 0 Å². The van der Waals surface area contributed by atoms with Gasteiger partial charge in [0, 0.05) is 31.0 Å². The summed E-state index contributed by atoms with van der Waals surface area (Å²) in [6.07, 6.45) is 0. The molecule has 0 radical (unpaired) electrons. The molecule has 1 heterocycles. The summed E-state index contributed by atoms with van der Waals surface area (Å²) in [5.74, 6) is 0.192. The Kier molecular flexibility index (Phi) is 4.54. The molecule has 88 valence electrons. The van der Waals surface area contributed by atoms with E-state index in [1.54, 1.807) is 0 Å². The van der Waals surface area contributed by atoms with Crippen molar-refractivity contribution >= 4 is 5.91 Å². The van der Waals surface area contributed by atoms with Gasteiger partial charge in [0.05, 0.1) is 13.2 Å². The summed E-state index contributed by atoms with van der Waals surface area (Å²) >= 11 is 0. The van der Waals surface area contributed by atoms with Gasteiger partial charge in [-0.15, -0.1) is 0 Å². The van der Waals surface area contributed by atoms with Crippen LogP contribution in [0, 0.1) is 11.3 Å². The second-order valence-electron chi connectivity index (χ2n) is 4.93. The average molecular weight is 214 g/mol. The summed E-state index contributed by atoms with van der Waals surface area (Å²) in [6, 6.07) is 0. The van der Waals surface area contributed by atoms with E-state index >= 15 is 0 Å². The van der Waals surface area contributed by atoms with Gasteiger partial charge in [-0.2, -0.15) is 0 Å². The Balaban J connectivity index is 1.95. The number of nitrogens with one attached hydrogen (secondary N) is 2. The molecule has 0 spiro atoms. The Labute approximate surface area is 91.8 Å². The van der Waals surface area contributed by atoms with Crippen molar-refractivity contribution < 1.29 is 9.53 Å². The third-order valence-corrected chi connectivity index (χ3v) is 2.58. The maximum atomic E-state index is 11.2. The molecule has 4 nitrogen and oxygen atoms in total. The minimum absolute atomic E-state index is 0.0718. The molecule has 1 aliphatic rings. The first-order valence-corrected chi connectivity index (χ1v) is 5.60. The molecule has 1 amide bonds. The van der Waals surface area contributed by atoms with Crippen molar-refractivity contribution in [3.05, 3.63) is 0 Å². The van der Waals surface area contributed by atoms with Crippen molar-refractivity contribution in [2.45, 2.75) is 20.8 Å². The van der Waals surface area contributed by atoms with Crippen LogP contribution < -0.4 is 10.6 Å². The van der Waals surface area contributed by atoms with Crippen LogP contribution in [0.2, 0.25) is 0 Å². The molecular weight excluding hydrogens is 192 g/mol. The highest BCUT2D eigenvalue weighted by Gasteiger charge is 2.32. The molecule has 0 aromatic carbocycles. The number of amides is 1. The average Bonchev–Trinajstić information content (AvgIpc) is 2.14. The van der Waals surface area contributed by atoms with Gasteiger partial charge < -0.3 is 15.4 Å². The zero-order valence-electron chi connectivity index (χ0n) is 9.93. The number of ether oxygens (including phenoxy) is 1. The van der Waals surface area contributed by atoms with Gasteiger partial charge in [0.1, 0.15) is 0 Å². The fraction of sp³-hybridized carbons (Fsp3) is 0.909. The molecule has 1 rings (SSSR count). The van der Waals surface area contributed by atoms with Gasteiger partial charge in [-0.05, 0) is 0 Å². The van der Waals surface area contributed by atoms with Crippen LogP contribution >= 0.6 is 0 Å². The van der Waals surface area contributed by atoms with E-state index in [0.717, 1.165) is 26.3 Å². The molecule has 0 unspecified atom stereocenters. The quantitative estimate of drug-likeness (QED) is 0.629. The van der Waals surface area contributed by atoms with Gasteiger partial charge in [0.15, 0.2) is 0 Å². The van der Waals surface area contributed by atoms with Gasteiger partial charge in [0.2, 0.25) is 5.91 Å². The Morgan fingerprint density at radius 2 is 2.07 bits per heavy atom. The lowest BCUT2D eigenvalue weighted by atomic mass is 9.89. The Morgan fingerprint density at radius 3 is 2.53 bits per heavy atom. The normalized spacial score (nSPS) is 18.7. The molecule has 1 aliphatic heterocycles. The van der Waals surface area contributed by atoms with Crippen LogP contribution in [0.1, 0.15) is 20.8 Å². The van der Waals surface area contributed by atoms with Crippen molar-refractivity contribution in [2.24, 2.45) is 11.3 Å². The summed E-state index contributed by atoms with van der Waals surface area (Å²) in [6.45, 7) is 10.2. The fourth-order valence-electron chi connectivity index (χ4n) is 1.42. The second-order valence-corrected chi connectivity index (χ2v) is 4.93. The first-order chi connectivity index (χ1) is 7.03. The van der Waals surface area contributed by atoms with E-state index in [2.05, 4.69) is 17.6 Å². The molecule has 4 heteroatoms. The highest BCUT2D eigenvalue weighted by molar-refractivity contribution is 5.77. The summed E-state index contributed by atoms with van der Waals surface area (Å²) in [5, 5.41) is 6.20. The highest BCUT2D eigenvalue weighted by Crippen LogP contribution is 2.24. The minimum atomic E-state index is 0.0718. The SMILES string of the molecule is CC(C)C(=O)NCCNCC1(C)COC1. The van der Waals surface area contributed by atoms with Crippen LogP contribution in [-0.2, 0) is 9.53 Å². The largest absolute Gasteiger partial charge is 0.380 e. The summed E-state index contributed by atoms with van der Waals surface area (Å²) < 4.78 is 5.15. The van der Waals surface area contributed by atoms with E-state index in [0.29, 0.717) is 12.0 Å². The Hall–Kier alpha value is -0.610. The van der Waals surface area contributed by atoms with Crippen LogP contribution in [-0.4, -0.2) is 38.8 Å². The molecule has 1 fully saturated rings. The van der Waals surface area contributed by atoms with Crippen molar-refractivity contribution in [3.8, 4) is 0 Å². The summed E-state index contributed by atoms with van der Waals surface area (Å²) in [5.41, 5.74) is 0.308. The van der Waals surface area contributed by atoms with Crippen LogP contribution in [0.3, 0.4) is 0 Å². The highest BCUT2D eigenvalue weighted by atomic mass is 16.5. The predicted molar refractivity (Wildman–Crippen MR) is 59.6 cm³/mol. The lowest BCUT2D eigenvalue weighted by Crippen LogP contribution is -2.48. The molecule has 0 aromatic rings. The van der Waals surface area contributed by atoms with Crippen LogP contribution in [0.25, 0.3) is 0 Å². The van der Waals surface area contributed by atoms with Gasteiger partial charge in [-0.25, -0.2) is 0 Å². The van der Waals surface area contributed by atoms with Crippen LogP contribution in [0.4, 0.5) is 0 Å².